The van der Waals surface area contributed by atoms with Crippen LogP contribution in [-0.2, 0) is 6.54 Å². The van der Waals surface area contributed by atoms with Gasteiger partial charge in [0.25, 0.3) is 5.91 Å². The molecule has 2 aromatic carbocycles. The van der Waals surface area contributed by atoms with E-state index < -0.39 is 5.91 Å². The van der Waals surface area contributed by atoms with Crippen LogP contribution < -0.4 is 5.43 Å². The molecule has 0 unspecified atom stereocenters. The van der Waals surface area contributed by atoms with Crippen molar-refractivity contribution in [3.63, 3.8) is 0 Å². The quantitative estimate of drug-likeness (QED) is 0.353. The maximum Gasteiger partial charge on any atom is 0.293 e. The van der Waals surface area contributed by atoms with Crippen LogP contribution in [0.4, 0.5) is 0 Å². The van der Waals surface area contributed by atoms with Gasteiger partial charge in [-0.1, -0.05) is 44.0 Å². The molecule has 27 heavy (non-hydrogen) atoms. The summed E-state index contributed by atoms with van der Waals surface area (Å²) in [6, 6.07) is 12.8. The molecule has 3 aromatic rings. The Kier molecular flexibility index (Phi) is 6.46. The third kappa shape index (κ3) is 5.27. The van der Waals surface area contributed by atoms with E-state index >= 15 is 0 Å². The van der Waals surface area contributed by atoms with Crippen molar-refractivity contribution in [2.75, 3.05) is 0 Å². The second kappa shape index (κ2) is 8.81. The molecule has 0 spiro atoms. The van der Waals surface area contributed by atoms with Gasteiger partial charge in [0.2, 0.25) is 0 Å². The van der Waals surface area contributed by atoms with Crippen LogP contribution in [0.15, 0.2) is 67.2 Å². The molecule has 0 bridgehead atoms. The van der Waals surface area contributed by atoms with Crippen LogP contribution in [0.1, 0.15) is 21.6 Å². The number of hydrogen-bond donors (Lipinski definition) is 2. The van der Waals surface area contributed by atoms with Crippen molar-refractivity contribution in [3.05, 3.63) is 78.9 Å². The van der Waals surface area contributed by atoms with Crippen LogP contribution in [0, 0.1) is 0 Å². The molecule has 138 valence electrons. The fraction of sp³-hybridized carbons (Fsp3) is 0.0556. The molecule has 0 aliphatic rings. The number of hydrogen-bond acceptors (Lipinski definition) is 4. The Balaban J connectivity index is 1.68. The van der Waals surface area contributed by atoms with E-state index in [0.717, 1.165) is 14.5 Å². The van der Waals surface area contributed by atoms with Crippen LogP contribution >= 0.6 is 47.8 Å². The third-order valence-electron chi connectivity index (χ3n) is 3.55. The number of aromatic nitrogens is 2. The van der Waals surface area contributed by atoms with Crippen LogP contribution in [0.25, 0.3) is 0 Å². The van der Waals surface area contributed by atoms with Gasteiger partial charge in [0, 0.05) is 20.7 Å². The lowest BCUT2D eigenvalue weighted by Gasteiger charge is -2.02. The Labute approximate surface area is 180 Å². The summed E-state index contributed by atoms with van der Waals surface area (Å²) in [6.07, 6.45) is 3.10. The predicted molar refractivity (Wildman–Crippen MR) is 114 cm³/mol. The highest BCUT2D eigenvalue weighted by Crippen LogP contribution is 2.20. The fourth-order valence-corrected chi connectivity index (χ4v) is 3.39. The molecule has 2 N–H and O–H groups in total. The molecule has 1 amide bonds. The number of carbonyl (C=O) groups is 1. The van der Waals surface area contributed by atoms with E-state index in [1.165, 1.54) is 12.3 Å². The van der Waals surface area contributed by atoms with Crippen molar-refractivity contribution in [1.82, 2.24) is 15.2 Å². The molecule has 1 heterocycles. The van der Waals surface area contributed by atoms with Crippen molar-refractivity contribution < 1.29 is 9.90 Å². The zero-order chi connectivity index (χ0) is 19.4. The Morgan fingerprint density at radius 3 is 2.59 bits per heavy atom. The molecular formula is C18H13Br3N4O2. The topological polar surface area (TPSA) is 79.5 Å². The number of rotatable bonds is 5. The summed E-state index contributed by atoms with van der Waals surface area (Å²) in [4.78, 5) is 12.3. The first-order valence-corrected chi connectivity index (χ1v) is 10.1. The van der Waals surface area contributed by atoms with E-state index in [4.69, 9.17) is 0 Å². The summed E-state index contributed by atoms with van der Waals surface area (Å²) in [5.74, 6) is -0.390. The maximum atomic E-state index is 12.3. The van der Waals surface area contributed by atoms with Gasteiger partial charge in [-0.2, -0.15) is 10.2 Å². The predicted octanol–water partition coefficient (Wildman–Crippen LogP) is 4.69. The van der Waals surface area contributed by atoms with E-state index in [2.05, 4.69) is 63.4 Å². The SMILES string of the molecule is O=C(N/N=C\c1cc(Br)ccc1O)c1nn(Cc2ccc(Br)cc2)cc1Br. The van der Waals surface area contributed by atoms with Crippen molar-refractivity contribution in [2.24, 2.45) is 5.10 Å². The van der Waals surface area contributed by atoms with E-state index in [-0.39, 0.29) is 11.4 Å². The monoisotopic (exact) mass is 554 g/mol. The molecule has 0 aliphatic carbocycles. The molecule has 3 rings (SSSR count). The maximum absolute atomic E-state index is 12.3. The van der Waals surface area contributed by atoms with Gasteiger partial charge in [-0.3, -0.25) is 9.48 Å². The van der Waals surface area contributed by atoms with E-state index in [1.807, 2.05) is 24.3 Å². The first-order chi connectivity index (χ1) is 12.9. The minimum atomic E-state index is -0.456. The largest absolute Gasteiger partial charge is 0.507 e. The molecule has 1 aromatic heterocycles. The van der Waals surface area contributed by atoms with Crippen LogP contribution in [0.5, 0.6) is 5.75 Å². The number of nitrogens with zero attached hydrogens (tertiary/aromatic N) is 3. The van der Waals surface area contributed by atoms with Crippen LogP contribution in [-0.4, -0.2) is 27.0 Å². The number of halogens is 3. The number of benzene rings is 2. The Bertz CT molecular complexity index is 1000. The first-order valence-electron chi connectivity index (χ1n) is 7.71. The molecule has 6 nitrogen and oxygen atoms in total. The third-order valence-corrected chi connectivity index (χ3v) is 5.15. The molecule has 0 atom stereocenters. The van der Waals surface area contributed by atoms with Gasteiger partial charge >= 0.3 is 0 Å². The van der Waals surface area contributed by atoms with Gasteiger partial charge in [-0.05, 0) is 51.8 Å². The summed E-state index contributed by atoms with van der Waals surface area (Å²) in [5.41, 5.74) is 4.17. The van der Waals surface area contributed by atoms with Gasteiger partial charge in [0.05, 0.1) is 17.2 Å². The smallest absolute Gasteiger partial charge is 0.293 e. The van der Waals surface area contributed by atoms with Crippen molar-refractivity contribution >= 4 is 59.9 Å². The molecule has 0 radical (unpaired) electrons. The number of phenols is 1. The number of carbonyl (C=O) groups excluding carboxylic acids is 1. The zero-order valence-corrected chi connectivity index (χ0v) is 18.5. The van der Waals surface area contributed by atoms with Gasteiger partial charge in [0.1, 0.15) is 5.75 Å². The van der Waals surface area contributed by atoms with E-state index in [0.29, 0.717) is 16.6 Å². The van der Waals surface area contributed by atoms with Gasteiger partial charge in [-0.25, -0.2) is 5.43 Å². The molecule has 0 aliphatic heterocycles. The van der Waals surface area contributed by atoms with Crippen LogP contribution in [0.3, 0.4) is 0 Å². The normalized spacial score (nSPS) is 11.1. The lowest BCUT2D eigenvalue weighted by atomic mass is 10.2. The lowest BCUT2D eigenvalue weighted by Crippen LogP contribution is -2.19. The summed E-state index contributed by atoms with van der Waals surface area (Å²) in [7, 11) is 0. The van der Waals surface area contributed by atoms with Gasteiger partial charge < -0.3 is 5.11 Å². The number of amides is 1. The standard InChI is InChI=1S/C18H13Br3N4O2/c19-13-3-1-11(2-4-13)9-25-10-15(21)17(24-25)18(27)23-22-8-12-7-14(20)5-6-16(12)26/h1-8,10,26H,9H2,(H,23,27)/b22-8-. The van der Waals surface area contributed by atoms with Crippen molar-refractivity contribution in [3.8, 4) is 5.75 Å². The Morgan fingerprint density at radius 1 is 1.15 bits per heavy atom. The molecule has 9 heteroatoms. The highest BCUT2D eigenvalue weighted by atomic mass is 79.9. The average Bonchev–Trinajstić information content (AvgIpc) is 3.00. The fourth-order valence-electron chi connectivity index (χ4n) is 2.25. The Hall–Kier alpha value is -1.97. The summed E-state index contributed by atoms with van der Waals surface area (Å²) in [5, 5.41) is 18.0. The summed E-state index contributed by atoms with van der Waals surface area (Å²) in [6.45, 7) is 0.536. The van der Waals surface area contributed by atoms with Crippen molar-refractivity contribution in [2.45, 2.75) is 6.54 Å². The lowest BCUT2D eigenvalue weighted by molar-refractivity contribution is 0.0948. The number of phenolic OH excluding ortho intramolecular Hbond substituents is 1. The second-order valence-electron chi connectivity index (χ2n) is 5.55. The molecule has 0 saturated heterocycles. The van der Waals surface area contributed by atoms with Crippen LogP contribution in [0.2, 0.25) is 0 Å². The minimum absolute atomic E-state index is 0.0659. The van der Waals surface area contributed by atoms with E-state index in [9.17, 15) is 9.90 Å². The second-order valence-corrected chi connectivity index (χ2v) is 8.24. The molecular weight excluding hydrogens is 544 g/mol. The van der Waals surface area contributed by atoms with Gasteiger partial charge in [0.15, 0.2) is 5.69 Å². The Morgan fingerprint density at radius 2 is 1.85 bits per heavy atom. The summed E-state index contributed by atoms with van der Waals surface area (Å²) >= 11 is 10.1. The average molecular weight is 557 g/mol. The first kappa shape index (κ1) is 19.8. The van der Waals surface area contributed by atoms with Crippen molar-refractivity contribution in [1.29, 1.82) is 0 Å². The van der Waals surface area contributed by atoms with E-state index in [1.54, 1.807) is 23.0 Å². The summed E-state index contributed by atoms with van der Waals surface area (Å²) < 4.78 is 4.04. The van der Waals surface area contributed by atoms with Gasteiger partial charge in [-0.15, -0.1) is 0 Å². The highest BCUT2D eigenvalue weighted by molar-refractivity contribution is 9.11. The number of aromatic hydroxyl groups is 1. The molecule has 0 fully saturated rings. The molecule has 0 saturated carbocycles. The highest BCUT2D eigenvalue weighted by Gasteiger charge is 2.15. The zero-order valence-electron chi connectivity index (χ0n) is 13.7. The number of nitrogens with one attached hydrogen (secondary N) is 1. The minimum Gasteiger partial charge on any atom is -0.507 e. The number of hydrazone groups is 1.